The molecule has 0 saturated carbocycles. The Labute approximate surface area is 95.4 Å². The number of Topliss-reactive ketones (excluding diaryl/α,β-unsaturated/α-hetero) is 1. The van der Waals surface area contributed by atoms with Crippen molar-refractivity contribution in [2.45, 2.75) is 27.7 Å². The highest BCUT2D eigenvalue weighted by Crippen LogP contribution is 2.11. The van der Waals surface area contributed by atoms with Crippen molar-refractivity contribution in [3.05, 3.63) is 11.5 Å². The van der Waals surface area contributed by atoms with Crippen LogP contribution in [0.5, 0.6) is 0 Å². The molecule has 0 bridgehead atoms. The van der Waals surface area contributed by atoms with Gasteiger partial charge in [-0.25, -0.2) is 4.79 Å². The molecule has 0 fully saturated rings. The fraction of sp³-hybridized carbons (Fsp3) is 0.636. The molecule has 0 saturated heterocycles. The van der Waals surface area contributed by atoms with E-state index < -0.39 is 11.8 Å². The Morgan fingerprint density at radius 2 is 1.31 bits per heavy atom. The first-order valence-corrected chi connectivity index (χ1v) is 5.26. The van der Waals surface area contributed by atoms with E-state index in [1.54, 1.807) is 20.8 Å². The first-order chi connectivity index (χ1) is 7.58. The number of ketones is 1. The number of esters is 1. The van der Waals surface area contributed by atoms with Crippen LogP contribution < -0.4 is 0 Å². The quantitative estimate of drug-likeness (QED) is 0.218. The topological polar surface area (TPSA) is 61.8 Å². The van der Waals surface area contributed by atoms with E-state index in [1.165, 1.54) is 6.92 Å². The molecule has 0 aromatic rings. The zero-order chi connectivity index (χ0) is 12.6. The Bertz CT molecular complexity index is 272. The van der Waals surface area contributed by atoms with Crippen LogP contribution in [0.25, 0.3) is 0 Å². The highest BCUT2D eigenvalue weighted by molar-refractivity contribution is 6.16. The molecule has 16 heavy (non-hydrogen) atoms. The van der Waals surface area contributed by atoms with Gasteiger partial charge in [0.05, 0.1) is 19.8 Å². The van der Waals surface area contributed by atoms with Gasteiger partial charge in [0.15, 0.2) is 11.4 Å². The summed E-state index contributed by atoms with van der Waals surface area (Å²) in [6.45, 7) is 7.23. The van der Waals surface area contributed by atoms with Gasteiger partial charge in [0, 0.05) is 0 Å². The zero-order valence-electron chi connectivity index (χ0n) is 10.2. The van der Waals surface area contributed by atoms with Crippen molar-refractivity contribution in [1.29, 1.82) is 0 Å². The van der Waals surface area contributed by atoms with Crippen LogP contribution in [0, 0.1) is 0 Å². The molecule has 0 amide bonds. The summed E-state index contributed by atoms with van der Waals surface area (Å²) in [5, 5.41) is 0. The van der Waals surface area contributed by atoms with Crippen molar-refractivity contribution in [1.82, 2.24) is 0 Å². The van der Waals surface area contributed by atoms with Gasteiger partial charge in [-0.05, 0) is 27.7 Å². The summed E-state index contributed by atoms with van der Waals surface area (Å²) in [6, 6.07) is 0. The third-order valence-corrected chi connectivity index (χ3v) is 1.59. The minimum absolute atomic E-state index is 0.0593. The first kappa shape index (κ1) is 14.5. The predicted octanol–water partition coefficient (Wildman–Crippen LogP) is 1.42. The number of hydrogen-bond acceptors (Lipinski definition) is 5. The monoisotopic (exact) mass is 230 g/mol. The maximum Gasteiger partial charge on any atom is 0.349 e. The van der Waals surface area contributed by atoms with Gasteiger partial charge in [-0.1, -0.05) is 0 Å². The third kappa shape index (κ3) is 4.33. The maximum atomic E-state index is 11.5. The van der Waals surface area contributed by atoms with Crippen LogP contribution in [0.1, 0.15) is 27.7 Å². The molecule has 5 heteroatoms. The van der Waals surface area contributed by atoms with E-state index in [4.69, 9.17) is 14.2 Å². The lowest BCUT2D eigenvalue weighted by molar-refractivity contribution is -0.140. The molecule has 92 valence electrons. The van der Waals surface area contributed by atoms with Crippen molar-refractivity contribution in [3.63, 3.8) is 0 Å². The van der Waals surface area contributed by atoms with Gasteiger partial charge in [-0.2, -0.15) is 0 Å². The number of ether oxygens (including phenoxy) is 3. The average molecular weight is 230 g/mol. The molecule has 0 aliphatic rings. The highest BCUT2D eigenvalue weighted by atomic mass is 16.7. The first-order valence-electron chi connectivity index (χ1n) is 5.26. The molecule has 0 aliphatic carbocycles. The SMILES string of the molecule is CCOC(=O)C(C(C)=O)=C(OCC)OCC. The van der Waals surface area contributed by atoms with E-state index in [0.29, 0.717) is 13.2 Å². The molecule has 0 radical (unpaired) electrons. The van der Waals surface area contributed by atoms with E-state index in [9.17, 15) is 9.59 Å². The lowest BCUT2D eigenvalue weighted by atomic mass is 10.2. The molecule has 0 heterocycles. The van der Waals surface area contributed by atoms with Gasteiger partial charge >= 0.3 is 5.97 Å². The van der Waals surface area contributed by atoms with Gasteiger partial charge in [0.1, 0.15) is 0 Å². The lowest BCUT2D eigenvalue weighted by Crippen LogP contribution is -2.18. The summed E-state index contributed by atoms with van der Waals surface area (Å²) >= 11 is 0. The molecule has 0 unspecified atom stereocenters. The maximum absolute atomic E-state index is 11.5. The second-order valence-corrected chi connectivity index (χ2v) is 2.81. The smallest absolute Gasteiger partial charge is 0.349 e. The summed E-state index contributed by atoms with van der Waals surface area (Å²) in [6.07, 6.45) is 0. The Kier molecular flexibility index (Phi) is 7.00. The van der Waals surface area contributed by atoms with Crippen molar-refractivity contribution < 1.29 is 23.8 Å². The molecular formula is C11H18O5. The summed E-state index contributed by atoms with van der Waals surface area (Å²) in [5.41, 5.74) is -0.175. The fourth-order valence-electron chi connectivity index (χ4n) is 1.02. The molecular weight excluding hydrogens is 212 g/mol. The second-order valence-electron chi connectivity index (χ2n) is 2.81. The number of carbonyl (C=O) groups excluding carboxylic acids is 2. The Morgan fingerprint density at radius 3 is 1.62 bits per heavy atom. The van der Waals surface area contributed by atoms with E-state index in [-0.39, 0.29) is 18.1 Å². The van der Waals surface area contributed by atoms with Crippen LogP contribution in [0.2, 0.25) is 0 Å². The highest BCUT2D eigenvalue weighted by Gasteiger charge is 2.24. The summed E-state index contributed by atoms with van der Waals surface area (Å²) in [4.78, 5) is 22.8. The minimum atomic E-state index is -0.716. The standard InChI is InChI=1S/C11H18O5/c1-5-14-10(13)9(8(4)12)11(15-6-2)16-7-3/h5-7H2,1-4H3. The van der Waals surface area contributed by atoms with Gasteiger partial charge in [0.2, 0.25) is 0 Å². The molecule has 0 rings (SSSR count). The van der Waals surface area contributed by atoms with E-state index in [1.807, 2.05) is 0 Å². The zero-order valence-corrected chi connectivity index (χ0v) is 10.2. The van der Waals surface area contributed by atoms with E-state index >= 15 is 0 Å². The van der Waals surface area contributed by atoms with Gasteiger partial charge in [-0.15, -0.1) is 0 Å². The normalized spacial score (nSPS) is 9.25. The average Bonchev–Trinajstić information content (AvgIpc) is 2.18. The molecule has 0 spiro atoms. The van der Waals surface area contributed by atoms with Crippen molar-refractivity contribution in [3.8, 4) is 0 Å². The Balaban J connectivity index is 5.12. The van der Waals surface area contributed by atoms with Crippen molar-refractivity contribution in [2.75, 3.05) is 19.8 Å². The fourth-order valence-corrected chi connectivity index (χ4v) is 1.02. The van der Waals surface area contributed by atoms with Crippen LogP contribution in [-0.2, 0) is 23.8 Å². The minimum Gasteiger partial charge on any atom is -0.465 e. The van der Waals surface area contributed by atoms with Crippen LogP contribution in [0.4, 0.5) is 0 Å². The van der Waals surface area contributed by atoms with E-state index in [0.717, 1.165) is 0 Å². The summed E-state index contributed by atoms with van der Waals surface area (Å²) in [5.74, 6) is -1.21. The lowest BCUT2D eigenvalue weighted by Gasteiger charge is -2.12. The number of rotatable bonds is 7. The summed E-state index contributed by atoms with van der Waals surface area (Å²) in [7, 11) is 0. The molecule has 0 aromatic carbocycles. The van der Waals surface area contributed by atoms with Crippen LogP contribution in [0.15, 0.2) is 11.5 Å². The molecule has 0 N–H and O–H groups in total. The summed E-state index contributed by atoms with van der Waals surface area (Å²) < 4.78 is 15.0. The van der Waals surface area contributed by atoms with E-state index in [2.05, 4.69) is 0 Å². The van der Waals surface area contributed by atoms with Gasteiger partial charge in [0.25, 0.3) is 5.95 Å². The molecule has 5 nitrogen and oxygen atoms in total. The molecule has 0 aliphatic heterocycles. The second kappa shape index (κ2) is 7.73. The van der Waals surface area contributed by atoms with Crippen LogP contribution in [-0.4, -0.2) is 31.6 Å². The van der Waals surface area contributed by atoms with Crippen molar-refractivity contribution in [2.24, 2.45) is 0 Å². The third-order valence-electron chi connectivity index (χ3n) is 1.59. The number of hydrogen-bond donors (Lipinski definition) is 0. The number of carbonyl (C=O) groups is 2. The molecule has 0 aromatic heterocycles. The van der Waals surface area contributed by atoms with Gasteiger partial charge in [-0.3, -0.25) is 4.79 Å². The Hall–Kier alpha value is -1.52. The van der Waals surface area contributed by atoms with Crippen LogP contribution >= 0.6 is 0 Å². The van der Waals surface area contributed by atoms with Crippen LogP contribution in [0.3, 0.4) is 0 Å². The van der Waals surface area contributed by atoms with Gasteiger partial charge < -0.3 is 14.2 Å². The van der Waals surface area contributed by atoms with Crippen molar-refractivity contribution >= 4 is 11.8 Å². The Morgan fingerprint density at radius 1 is 0.875 bits per heavy atom. The predicted molar refractivity (Wildman–Crippen MR) is 57.6 cm³/mol. The molecule has 0 atom stereocenters. The largest absolute Gasteiger partial charge is 0.465 e.